The fourth-order valence-electron chi connectivity index (χ4n) is 2.42. The predicted octanol–water partition coefficient (Wildman–Crippen LogP) is 2.60. The molecule has 1 saturated heterocycles. The zero-order valence-electron chi connectivity index (χ0n) is 11.6. The van der Waals surface area contributed by atoms with E-state index in [9.17, 15) is 9.90 Å². The van der Waals surface area contributed by atoms with Crippen LogP contribution in [0.2, 0.25) is 0 Å². The minimum Gasteiger partial charge on any atom is -0.507 e. The third-order valence-corrected chi connectivity index (χ3v) is 3.55. The van der Waals surface area contributed by atoms with Crippen molar-refractivity contribution < 1.29 is 14.6 Å². The van der Waals surface area contributed by atoms with E-state index in [2.05, 4.69) is 4.90 Å². The van der Waals surface area contributed by atoms with Crippen molar-refractivity contribution in [1.82, 2.24) is 0 Å². The lowest BCUT2D eigenvalue weighted by molar-refractivity contribution is 0.0216. The van der Waals surface area contributed by atoms with E-state index in [-0.39, 0.29) is 17.6 Å². The zero-order chi connectivity index (χ0) is 13.8. The van der Waals surface area contributed by atoms with Gasteiger partial charge in [-0.05, 0) is 38.3 Å². The molecular weight excluding hydrogens is 242 g/mol. The first kappa shape index (κ1) is 13.9. The van der Waals surface area contributed by atoms with Crippen LogP contribution in [0.1, 0.15) is 36.5 Å². The molecule has 4 heteroatoms. The van der Waals surface area contributed by atoms with Crippen molar-refractivity contribution in [2.75, 3.05) is 25.1 Å². The van der Waals surface area contributed by atoms with Crippen LogP contribution in [0.4, 0.5) is 5.69 Å². The number of phenolic OH excluding ortho intramolecular Hbond substituents is 1. The highest BCUT2D eigenvalue weighted by Gasteiger charge is 2.17. The molecule has 1 aromatic rings. The summed E-state index contributed by atoms with van der Waals surface area (Å²) in [6.07, 6.45) is 3.71. The Kier molecular flexibility index (Phi) is 4.43. The third-order valence-electron chi connectivity index (χ3n) is 3.55. The van der Waals surface area contributed by atoms with E-state index in [0.717, 1.165) is 31.7 Å². The van der Waals surface area contributed by atoms with Crippen molar-refractivity contribution in [2.45, 2.75) is 32.3 Å². The van der Waals surface area contributed by atoms with Gasteiger partial charge in [-0.15, -0.1) is 0 Å². The first-order chi connectivity index (χ1) is 9.08. The summed E-state index contributed by atoms with van der Waals surface area (Å²) in [5, 5.41) is 9.84. The Morgan fingerprint density at radius 3 is 2.84 bits per heavy atom. The zero-order valence-corrected chi connectivity index (χ0v) is 11.6. The summed E-state index contributed by atoms with van der Waals surface area (Å²) >= 11 is 0. The number of rotatable bonds is 4. The molecular formula is C15H21NO3. The minimum absolute atomic E-state index is 0.0430. The number of likely N-dealkylation sites (N-methyl/N-ethyl adjacent to an activating group) is 1. The van der Waals surface area contributed by atoms with Gasteiger partial charge in [-0.3, -0.25) is 4.79 Å². The van der Waals surface area contributed by atoms with Crippen LogP contribution in [0.25, 0.3) is 0 Å². The molecule has 0 radical (unpaired) electrons. The average molecular weight is 263 g/mol. The topological polar surface area (TPSA) is 49.8 Å². The van der Waals surface area contributed by atoms with Crippen LogP contribution in [-0.2, 0) is 4.74 Å². The number of benzene rings is 1. The first-order valence-electron chi connectivity index (χ1n) is 6.74. The van der Waals surface area contributed by atoms with Gasteiger partial charge in [0.2, 0.25) is 0 Å². The molecule has 1 heterocycles. The Labute approximate surface area is 114 Å². The molecule has 1 aliphatic heterocycles. The van der Waals surface area contributed by atoms with Crippen LogP contribution >= 0.6 is 0 Å². The monoisotopic (exact) mass is 263 g/mol. The van der Waals surface area contributed by atoms with E-state index in [0.29, 0.717) is 5.56 Å². The number of aromatic hydroxyl groups is 1. The Balaban J connectivity index is 2.04. The number of hydrogen-bond donors (Lipinski definition) is 1. The minimum atomic E-state index is -0.123. The molecule has 1 unspecified atom stereocenters. The lowest BCUT2D eigenvalue weighted by Crippen LogP contribution is -2.33. The molecule has 0 bridgehead atoms. The maximum Gasteiger partial charge on any atom is 0.163 e. The van der Waals surface area contributed by atoms with Crippen molar-refractivity contribution >= 4 is 11.5 Å². The summed E-state index contributed by atoms with van der Waals surface area (Å²) in [6.45, 7) is 3.10. The van der Waals surface area contributed by atoms with Crippen LogP contribution in [0.5, 0.6) is 5.75 Å². The summed E-state index contributed by atoms with van der Waals surface area (Å²) in [5.74, 6) is -0.0799. The van der Waals surface area contributed by atoms with E-state index in [4.69, 9.17) is 4.74 Å². The van der Waals surface area contributed by atoms with Crippen LogP contribution in [-0.4, -0.2) is 37.2 Å². The van der Waals surface area contributed by atoms with Crippen molar-refractivity contribution in [2.24, 2.45) is 0 Å². The quantitative estimate of drug-likeness (QED) is 0.848. The molecule has 0 aliphatic carbocycles. The van der Waals surface area contributed by atoms with Gasteiger partial charge in [0.1, 0.15) is 5.75 Å². The van der Waals surface area contributed by atoms with E-state index >= 15 is 0 Å². The Morgan fingerprint density at radius 1 is 1.47 bits per heavy atom. The van der Waals surface area contributed by atoms with E-state index in [1.54, 1.807) is 12.1 Å². The van der Waals surface area contributed by atoms with Gasteiger partial charge in [-0.1, -0.05) is 0 Å². The maximum absolute atomic E-state index is 11.3. The highest BCUT2D eigenvalue weighted by atomic mass is 16.5. The van der Waals surface area contributed by atoms with Gasteiger partial charge in [0.05, 0.1) is 11.7 Å². The Morgan fingerprint density at radius 2 is 2.26 bits per heavy atom. The standard InChI is InChI=1S/C15H21NO3/c1-11(17)14-7-6-12(9-15(14)18)16(2)10-13-5-3-4-8-19-13/h6-7,9,13,18H,3-5,8,10H2,1-2H3. The molecule has 2 rings (SSSR count). The van der Waals surface area contributed by atoms with Gasteiger partial charge in [0.15, 0.2) is 5.78 Å². The van der Waals surface area contributed by atoms with Gasteiger partial charge in [0, 0.05) is 32.0 Å². The summed E-state index contributed by atoms with van der Waals surface area (Å²) < 4.78 is 5.70. The number of Topliss-reactive ketones (excluding diaryl/α,β-unsaturated/α-hetero) is 1. The lowest BCUT2D eigenvalue weighted by Gasteiger charge is -2.28. The number of ether oxygens (including phenoxy) is 1. The molecule has 1 N–H and O–H groups in total. The van der Waals surface area contributed by atoms with E-state index in [1.165, 1.54) is 13.3 Å². The molecule has 1 aliphatic rings. The lowest BCUT2D eigenvalue weighted by atomic mass is 10.1. The number of phenols is 1. The van der Waals surface area contributed by atoms with Gasteiger partial charge < -0.3 is 14.7 Å². The molecule has 4 nitrogen and oxygen atoms in total. The number of nitrogens with zero attached hydrogens (tertiary/aromatic N) is 1. The van der Waals surface area contributed by atoms with E-state index < -0.39 is 0 Å². The second-order valence-electron chi connectivity index (χ2n) is 5.13. The molecule has 0 spiro atoms. The molecule has 0 saturated carbocycles. The fourth-order valence-corrected chi connectivity index (χ4v) is 2.42. The Hall–Kier alpha value is -1.55. The molecule has 19 heavy (non-hydrogen) atoms. The summed E-state index contributed by atoms with van der Waals surface area (Å²) in [4.78, 5) is 13.3. The van der Waals surface area contributed by atoms with Crippen molar-refractivity contribution in [1.29, 1.82) is 0 Å². The van der Waals surface area contributed by atoms with Gasteiger partial charge in [0.25, 0.3) is 0 Å². The van der Waals surface area contributed by atoms with Gasteiger partial charge >= 0.3 is 0 Å². The predicted molar refractivity (Wildman–Crippen MR) is 75.0 cm³/mol. The Bertz CT molecular complexity index is 453. The number of hydrogen-bond acceptors (Lipinski definition) is 4. The number of carbonyl (C=O) groups is 1. The van der Waals surface area contributed by atoms with Gasteiger partial charge in [-0.25, -0.2) is 0 Å². The molecule has 1 fully saturated rings. The largest absolute Gasteiger partial charge is 0.507 e. The summed E-state index contributed by atoms with van der Waals surface area (Å²) in [7, 11) is 1.97. The third kappa shape index (κ3) is 3.47. The number of ketones is 1. The summed E-state index contributed by atoms with van der Waals surface area (Å²) in [5.41, 5.74) is 1.27. The SMILES string of the molecule is CC(=O)c1ccc(N(C)CC2CCCCO2)cc1O. The first-order valence-corrected chi connectivity index (χ1v) is 6.74. The van der Waals surface area contributed by atoms with Crippen LogP contribution in [0.3, 0.4) is 0 Å². The molecule has 0 aromatic heterocycles. The van der Waals surface area contributed by atoms with Gasteiger partial charge in [-0.2, -0.15) is 0 Å². The molecule has 104 valence electrons. The average Bonchev–Trinajstić information content (AvgIpc) is 2.39. The second kappa shape index (κ2) is 6.06. The van der Waals surface area contributed by atoms with Crippen molar-refractivity contribution in [3.63, 3.8) is 0 Å². The van der Waals surface area contributed by atoms with Crippen LogP contribution in [0, 0.1) is 0 Å². The van der Waals surface area contributed by atoms with E-state index in [1.807, 2.05) is 13.1 Å². The van der Waals surface area contributed by atoms with Crippen molar-refractivity contribution in [3.8, 4) is 5.75 Å². The fraction of sp³-hybridized carbons (Fsp3) is 0.533. The summed E-state index contributed by atoms with van der Waals surface area (Å²) in [6, 6.07) is 5.17. The molecule has 0 amide bonds. The number of carbonyl (C=O) groups excluding carboxylic acids is 1. The normalized spacial score (nSPS) is 19.2. The van der Waals surface area contributed by atoms with Crippen LogP contribution < -0.4 is 4.90 Å². The smallest absolute Gasteiger partial charge is 0.163 e. The highest BCUT2D eigenvalue weighted by molar-refractivity contribution is 5.97. The number of anilines is 1. The molecule has 1 aromatic carbocycles. The highest BCUT2D eigenvalue weighted by Crippen LogP contribution is 2.25. The second-order valence-corrected chi connectivity index (χ2v) is 5.13. The van der Waals surface area contributed by atoms with Crippen LogP contribution in [0.15, 0.2) is 18.2 Å². The maximum atomic E-state index is 11.3. The van der Waals surface area contributed by atoms with Crippen molar-refractivity contribution in [3.05, 3.63) is 23.8 Å². The molecule has 1 atom stereocenters.